The number of imidazole rings is 2. The van der Waals surface area contributed by atoms with Crippen LogP contribution in [0.4, 0.5) is 11.4 Å². The number of anilines is 2. The number of rotatable bonds is 9. The number of aromatic amines is 2. The Hall–Kier alpha value is -4.74. The highest BCUT2D eigenvalue weighted by Gasteiger charge is 2.11. The zero-order valence-electron chi connectivity index (χ0n) is 26.7. The van der Waals surface area contributed by atoms with E-state index in [9.17, 15) is 0 Å². The van der Waals surface area contributed by atoms with Gasteiger partial charge in [-0.05, 0) is 120 Å². The number of benzene rings is 4. The number of thiophene rings is 1. The molecule has 11 heteroatoms. The molecule has 7 nitrogen and oxygen atoms in total. The summed E-state index contributed by atoms with van der Waals surface area (Å²) in [6.07, 6.45) is 2.83. The van der Waals surface area contributed by atoms with E-state index in [0.717, 1.165) is 77.6 Å². The van der Waals surface area contributed by atoms with Gasteiger partial charge in [-0.3, -0.25) is 4.98 Å². The molecule has 8 aromatic rings. The van der Waals surface area contributed by atoms with E-state index in [4.69, 9.17) is 11.6 Å². The summed E-state index contributed by atoms with van der Waals surface area (Å²) in [4.78, 5) is 22.6. The Morgan fingerprint density at radius 1 is 0.796 bits per heavy atom. The van der Waals surface area contributed by atoms with Crippen molar-refractivity contribution in [1.29, 1.82) is 0 Å². The van der Waals surface area contributed by atoms with E-state index in [-0.39, 0.29) is 0 Å². The van der Waals surface area contributed by atoms with Crippen molar-refractivity contribution in [1.82, 2.24) is 24.9 Å². The highest BCUT2D eigenvalue weighted by atomic mass is 35.5. The number of hydrogen-bond donors (Lipinski definition) is 3. The number of halogens is 1. The molecule has 49 heavy (non-hydrogen) atoms. The van der Waals surface area contributed by atoms with E-state index < -0.39 is 0 Å². The van der Waals surface area contributed by atoms with Gasteiger partial charge >= 0.3 is 0 Å². The first-order valence-electron chi connectivity index (χ1n) is 15.6. The van der Waals surface area contributed by atoms with Gasteiger partial charge in [0.2, 0.25) is 0 Å². The Balaban J connectivity index is 0.000000154. The van der Waals surface area contributed by atoms with Crippen molar-refractivity contribution in [3.8, 4) is 22.9 Å². The quantitative estimate of drug-likeness (QED) is 0.128. The van der Waals surface area contributed by atoms with E-state index in [2.05, 4.69) is 112 Å². The normalized spacial score (nSPS) is 11.0. The monoisotopic (exact) mass is 717 g/mol. The van der Waals surface area contributed by atoms with Crippen LogP contribution in [0.25, 0.3) is 45.0 Å². The first kappa shape index (κ1) is 32.8. The maximum Gasteiger partial charge on any atom is 0.157 e. The lowest BCUT2D eigenvalue weighted by atomic mass is 10.2. The highest BCUT2D eigenvalue weighted by Crippen LogP contribution is 2.34. The van der Waals surface area contributed by atoms with Gasteiger partial charge in [0.25, 0.3) is 0 Å². The third kappa shape index (κ3) is 7.95. The molecule has 4 heterocycles. The zero-order valence-corrected chi connectivity index (χ0v) is 29.9. The number of hydrogen-bond acceptors (Lipinski definition) is 8. The maximum absolute atomic E-state index is 6.27. The van der Waals surface area contributed by atoms with Crippen molar-refractivity contribution in [2.75, 3.05) is 16.1 Å². The van der Waals surface area contributed by atoms with E-state index in [1.165, 1.54) is 5.56 Å². The first-order valence-corrected chi connectivity index (χ1v) is 18.5. The molecule has 0 aliphatic rings. The second-order valence-corrected chi connectivity index (χ2v) is 14.3. The first-order chi connectivity index (χ1) is 24.0. The van der Waals surface area contributed by atoms with E-state index in [0.29, 0.717) is 0 Å². The molecule has 0 bridgehead atoms. The van der Waals surface area contributed by atoms with Gasteiger partial charge in [0, 0.05) is 39.7 Å². The number of aryl methyl sites for hydroxylation is 1. The number of nitrogens with one attached hydrogen (secondary N) is 3. The molecular weight excluding hydrogens is 686 g/mol. The van der Waals surface area contributed by atoms with Crippen molar-refractivity contribution in [2.45, 2.75) is 23.1 Å². The summed E-state index contributed by atoms with van der Waals surface area (Å²) in [5.41, 5.74) is 9.38. The molecule has 0 spiro atoms. The average molecular weight is 718 g/mol. The topological polar surface area (TPSA) is 85.5 Å². The summed E-state index contributed by atoms with van der Waals surface area (Å²) < 4.78 is 5.45. The number of H-pyrrole nitrogens is 2. The van der Waals surface area contributed by atoms with Gasteiger partial charge < -0.3 is 19.0 Å². The molecule has 4 aromatic heterocycles. The second-order valence-electron chi connectivity index (χ2n) is 11.1. The Kier molecular flexibility index (Phi) is 10.2. The molecule has 0 saturated heterocycles. The Morgan fingerprint density at radius 2 is 1.51 bits per heavy atom. The molecule has 0 atom stereocenters. The standard InChI is InChI=1S/C19H15ClN4S.C19H17N3S2/c1-24(18-8-3-2-6-14(18)20)25-13-9-10-15-17(12-13)23-19(22-15)16-7-4-5-11-21-16;1-2-13-3-5-15(6-4-13)22-24-16-7-8-17-18(11-16)21-19(20-17)14-9-10-23-12-14/h2-12H,1H3,(H,22,23);3-12,22H,2H2,1H3,(H,20,21). The fourth-order valence-corrected chi connectivity index (χ4v) is 7.61. The fourth-order valence-electron chi connectivity index (χ4n) is 5.10. The lowest BCUT2D eigenvalue weighted by molar-refractivity contribution is 1.14. The van der Waals surface area contributed by atoms with Gasteiger partial charge in [-0.25, -0.2) is 9.97 Å². The molecule has 0 radical (unpaired) electrons. The predicted molar refractivity (Wildman–Crippen MR) is 210 cm³/mol. The summed E-state index contributed by atoms with van der Waals surface area (Å²) >= 11 is 11.2. The highest BCUT2D eigenvalue weighted by molar-refractivity contribution is 8.00. The lowest BCUT2D eigenvalue weighted by Gasteiger charge is -2.18. The van der Waals surface area contributed by atoms with Gasteiger partial charge in [-0.1, -0.05) is 48.9 Å². The molecular formula is C38H32ClN7S3. The van der Waals surface area contributed by atoms with Gasteiger partial charge in [0.15, 0.2) is 5.82 Å². The van der Waals surface area contributed by atoms with Crippen LogP contribution in [0.2, 0.25) is 5.02 Å². The Morgan fingerprint density at radius 3 is 2.22 bits per heavy atom. The average Bonchev–Trinajstić information content (AvgIpc) is 3.92. The summed E-state index contributed by atoms with van der Waals surface area (Å²) in [7, 11) is 2.00. The molecule has 3 N–H and O–H groups in total. The summed E-state index contributed by atoms with van der Waals surface area (Å²) in [6, 6.07) is 36.7. The number of aromatic nitrogens is 5. The molecule has 0 aliphatic heterocycles. The van der Waals surface area contributed by atoms with E-state index in [1.807, 2.05) is 55.6 Å². The minimum Gasteiger partial charge on any atom is -0.338 e. The van der Waals surface area contributed by atoms with Gasteiger partial charge in [0.1, 0.15) is 11.5 Å². The molecule has 0 amide bonds. The largest absolute Gasteiger partial charge is 0.338 e. The van der Waals surface area contributed by atoms with Crippen molar-refractivity contribution in [2.24, 2.45) is 0 Å². The number of nitrogens with zero attached hydrogens (tertiary/aromatic N) is 4. The summed E-state index contributed by atoms with van der Waals surface area (Å²) in [5, 5.41) is 4.91. The van der Waals surface area contributed by atoms with Gasteiger partial charge in [-0.15, -0.1) is 0 Å². The predicted octanol–water partition coefficient (Wildman–Crippen LogP) is 11.4. The van der Waals surface area contributed by atoms with E-state index >= 15 is 0 Å². The fraction of sp³-hybridized carbons (Fsp3) is 0.0789. The minimum atomic E-state index is 0.734. The summed E-state index contributed by atoms with van der Waals surface area (Å²) in [5.74, 6) is 1.70. The molecule has 0 fully saturated rings. The van der Waals surface area contributed by atoms with Crippen LogP contribution in [-0.4, -0.2) is 32.0 Å². The van der Waals surface area contributed by atoms with Crippen molar-refractivity contribution in [3.63, 3.8) is 0 Å². The number of para-hydroxylation sites is 1. The van der Waals surface area contributed by atoms with Crippen LogP contribution in [0.1, 0.15) is 12.5 Å². The molecule has 0 unspecified atom stereocenters. The van der Waals surface area contributed by atoms with Gasteiger partial charge in [-0.2, -0.15) is 11.3 Å². The molecule has 244 valence electrons. The van der Waals surface area contributed by atoms with Crippen molar-refractivity contribution in [3.05, 3.63) is 137 Å². The van der Waals surface area contributed by atoms with Crippen LogP contribution >= 0.6 is 46.8 Å². The molecule has 0 saturated carbocycles. The summed E-state index contributed by atoms with van der Waals surface area (Å²) in [6.45, 7) is 2.17. The van der Waals surface area contributed by atoms with Crippen LogP contribution < -0.4 is 9.03 Å². The second kappa shape index (κ2) is 15.2. The molecule has 8 rings (SSSR count). The van der Waals surface area contributed by atoms with E-state index in [1.54, 1.807) is 41.4 Å². The SMILES string of the molecule is CCc1ccc(NSc2ccc3nc(-c4ccsc4)[nH]c3c2)cc1.CN(Sc1ccc2nc(-c3ccccn3)[nH]c2c1)c1ccccc1Cl. The Bertz CT molecular complexity index is 2280. The smallest absolute Gasteiger partial charge is 0.157 e. The van der Waals surface area contributed by atoms with Gasteiger partial charge in [0.05, 0.1) is 32.8 Å². The minimum absolute atomic E-state index is 0.734. The Labute approximate surface area is 302 Å². The molecule has 4 aromatic carbocycles. The van der Waals surface area contributed by atoms with Crippen molar-refractivity contribution >= 4 is 80.3 Å². The molecule has 0 aliphatic carbocycles. The third-order valence-corrected chi connectivity index (χ3v) is 10.5. The van der Waals surface area contributed by atoms with Crippen LogP contribution in [-0.2, 0) is 6.42 Å². The lowest BCUT2D eigenvalue weighted by Crippen LogP contribution is -2.06. The zero-order chi connectivity index (χ0) is 33.6. The van der Waals surface area contributed by atoms with Crippen molar-refractivity contribution < 1.29 is 0 Å². The van der Waals surface area contributed by atoms with Crippen LogP contribution in [0.15, 0.2) is 136 Å². The third-order valence-electron chi connectivity index (χ3n) is 7.69. The van der Waals surface area contributed by atoms with Crippen LogP contribution in [0.3, 0.4) is 0 Å². The van der Waals surface area contributed by atoms with Crippen LogP contribution in [0, 0.1) is 0 Å². The number of pyridine rings is 1. The number of fused-ring (bicyclic) bond motifs is 2. The van der Waals surface area contributed by atoms with Crippen LogP contribution in [0.5, 0.6) is 0 Å². The maximum atomic E-state index is 6.27.